The number of aromatic nitrogens is 3. The van der Waals surface area contributed by atoms with Gasteiger partial charge in [-0.05, 0) is 47.9 Å². The second-order valence-electron chi connectivity index (χ2n) is 7.92. The monoisotopic (exact) mass is 615 g/mol. The lowest BCUT2D eigenvalue weighted by molar-refractivity contribution is 0.284. The largest absolute Gasteiger partial charge is 0.507 e. The van der Waals surface area contributed by atoms with E-state index in [1.807, 2.05) is 0 Å². The molecule has 0 aliphatic carbocycles. The fraction of sp³-hybridized carbons (Fsp3) is 0.0952. The van der Waals surface area contributed by atoms with Crippen LogP contribution in [0.3, 0.4) is 0 Å². The molecule has 0 spiro atoms. The standard InChI is InChI=1S/C21H18FN5O10S3/c22-19-25-20(23-13-4-6-14(7-5-13)38(29,30)9-8-37-40(34,35)36)27-21(26-19)24-16-11-15(39(31,32)33)10-12-2-1-3-17(28)18(12)16/h1-7,10-11,28H,8-9H2,(H,31,32,33)(H,34,35,36)(H2,23,24,25,26,27). The molecule has 0 saturated carbocycles. The van der Waals surface area contributed by atoms with Crippen LogP contribution in [0.2, 0.25) is 0 Å². The van der Waals surface area contributed by atoms with Crippen LogP contribution in [0.25, 0.3) is 10.8 Å². The number of phenolic OH excluding ortho intramolecular Hbond substituents is 1. The Morgan fingerprint density at radius 2 is 1.48 bits per heavy atom. The smallest absolute Gasteiger partial charge is 0.397 e. The van der Waals surface area contributed by atoms with Gasteiger partial charge in [-0.3, -0.25) is 9.11 Å². The maximum atomic E-state index is 14.2. The number of anilines is 4. The van der Waals surface area contributed by atoms with Gasteiger partial charge in [0, 0.05) is 11.1 Å². The molecule has 5 N–H and O–H groups in total. The third-order valence-corrected chi connectivity index (χ3v) is 8.13. The van der Waals surface area contributed by atoms with Crippen molar-refractivity contribution in [3.05, 3.63) is 60.7 Å². The molecular weight excluding hydrogens is 597 g/mol. The van der Waals surface area contributed by atoms with Gasteiger partial charge in [-0.25, -0.2) is 12.6 Å². The molecule has 15 nitrogen and oxygen atoms in total. The molecule has 0 saturated heterocycles. The summed E-state index contributed by atoms with van der Waals surface area (Å²) in [7, 11) is -13.4. The highest BCUT2D eigenvalue weighted by Gasteiger charge is 2.18. The predicted octanol–water partition coefficient (Wildman–Crippen LogP) is 2.20. The molecule has 4 rings (SSSR count). The Balaban J connectivity index is 1.58. The van der Waals surface area contributed by atoms with Gasteiger partial charge in [0.2, 0.25) is 11.9 Å². The Morgan fingerprint density at radius 1 is 0.825 bits per heavy atom. The van der Waals surface area contributed by atoms with E-state index in [4.69, 9.17) is 4.55 Å². The number of phenols is 1. The van der Waals surface area contributed by atoms with E-state index in [9.17, 15) is 39.3 Å². The number of hydrogen-bond donors (Lipinski definition) is 5. The van der Waals surface area contributed by atoms with Crippen molar-refractivity contribution in [2.45, 2.75) is 9.79 Å². The summed E-state index contributed by atoms with van der Waals surface area (Å²) in [6.45, 7) is -0.804. The van der Waals surface area contributed by atoms with Crippen molar-refractivity contribution in [3.63, 3.8) is 0 Å². The zero-order chi connectivity index (χ0) is 29.3. The third-order valence-electron chi connectivity index (χ3n) is 5.13. The first-order chi connectivity index (χ1) is 18.6. The second kappa shape index (κ2) is 10.9. The zero-order valence-corrected chi connectivity index (χ0v) is 22.2. The van der Waals surface area contributed by atoms with E-state index >= 15 is 0 Å². The van der Waals surface area contributed by atoms with Gasteiger partial charge in [-0.2, -0.15) is 36.2 Å². The van der Waals surface area contributed by atoms with E-state index < -0.39 is 59.6 Å². The van der Waals surface area contributed by atoms with Crippen LogP contribution in [-0.2, 0) is 34.5 Å². The molecule has 0 unspecified atom stereocenters. The van der Waals surface area contributed by atoms with Gasteiger partial charge in [0.1, 0.15) is 5.75 Å². The van der Waals surface area contributed by atoms with Gasteiger partial charge in [0.25, 0.3) is 10.1 Å². The first-order valence-electron chi connectivity index (χ1n) is 10.7. The predicted molar refractivity (Wildman–Crippen MR) is 138 cm³/mol. The van der Waals surface area contributed by atoms with Crippen LogP contribution >= 0.6 is 0 Å². The molecule has 0 aliphatic heterocycles. The number of benzene rings is 3. The Labute approximate surface area is 226 Å². The molecule has 3 aromatic carbocycles. The molecule has 40 heavy (non-hydrogen) atoms. The topological polar surface area (TPSA) is 235 Å². The van der Waals surface area contributed by atoms with Crippen molar-refractivity contribution in [2.24, 2.45) is 0 Å². The van der Waals surface area contributed by atoms with Gasteiger partial charge in [-0.1, -0.05) is 12.1 Å². The molecule has 0 radical (unpaired) electrons. The normalized spacial score (nSPS) is 12.4. The number of rotatable bonds is 10. The number of aromatic hydroxyl groups is 1. The zero-order valence-electron chi connectivity index (χ0n) is 19.8. The number of sulfone groups is 1. The van der Waals surface area contributed by atoms with Crippen LogP contribution in [0.4, 0.5) is 27.7 Å². The molecule has 19 heteroatoms. The fourth-order valence-electron chi connectivity index (χ4n) is 3.45. The average molecular weight is 616 g/mol. The highest BCUT2D eigenvalue weighted by molar-refractivity contribution is 7.91. The van der Waals surface area contributed by atoms with Crippen molar-refractivity contribution in [2.75, 3.05) is 23.0 Å². The van der Waals surface area contributed by atoms with E-state index in [1.165, 1.54) is 30.3 Å². The number of nitrogens with one attached hydrogen (secondary N) is 2. The molecule has 0 fully saturated rings. The Kier molecular flexibility index (Phi) is 7.87. The quantitative estimate of drug-likeness (QED) is 0.161. The molecule has 1 heterocycles. The summed E-state index contributed by atoms with van der Waals surface area (Å²) >= 11 is 0. The van der Waals surface area contributed by atoms with Crippen LogP contribution in [0.1, 0.15) is 0 Å². The molecular formula is C21H18FN5O10S3. The number of fused-ring (bicyclic) bond motifs is 1. The summed E-state index contributed by atoms with van der Waals surface area (Å²) in [4.78, 5) is 10.3. The van der Waals surface area contributed by atoms with E-state index in [2.05, 4.69) is 29.8 Å². The SMILES string of the molecule is O=S(=O)(O)OCCS(=O)(=O)c1ccc(Nc2nc(F)nc(Nc3cc(S(=O)(=O)O)cc4cccc(O)c34)n2)cc1. The van der Waals surface area contributed by atoms with E-state index in [0.29, 0.717) is 0 Å². The molecule has 0 amide bonds. The van der Waals surface area contributed by atoms with Crippen molar-refractivity contribution >= 4 is 64.4 Å². The lowest BCUT2D eigenvalue weighted by Crippen LogP contribution is -2.15. The number of hydrogen-bond acceptors (Lipinski definition) is 13. The molecule has 0 atom stereocenters. The highest BCUT2D eigenvalue weighted by Crippen LogP contribution is 2.35. The highest BCUT2D eigenvalue weighted by atomic mass is 32.3. The first kappa shape index (κ1) is 29.0. The summed E-state index contributed by atoms with van der Waals surface area (Å²) in [5.74, 6) is -1.75. The van der Waals surface area contributed by atoms with Gasteiger partial charge in [0.05, 0.1) is 27.8 Å². The summed E-state index contributed by atoms with van der Waals surface area (Å²) in [6.07, 6.45) is -1.25. The minimum Gasteiger partial charge on any atom is -0.507 e. The maximum Gasteiger partial charge on any atom is 0.397 e. The van der Waals surface area contributed by atoms with Crippen LogP contribution < -0.4 is 10.6 Å². The number of halogens is 1. The van der Waals surface area contributed by atoms with Crippen molar-refractivity contribution < 1.29 is 48.0 Å². The lowest BCUT2D eigenvalue weighted by Gasteiger charge is -2.13. The minimum absolute atomic E-state index is 0.0766. The molecule has 4 aromatic rings. The molecule has 212 valence electrons. The third kappa shape index (κ3) is 7.14. The van der Waals surface area contributed by atoms with Crippen molar-refractivity contribution in [1.29, 1.82) is 0 Å². The van der Waals surface area contributed by atoms with E-state index in [1.54, 1.807) is 0 Å². The van der Waals surface area contributed by atoms with E-state index in [0.717, 1.165) is 24.3 Å². The summed E-state index contributed by atoms with van der Waals surface area (Å²) in [5, 5.41) is 15.9. The molecule has 0 aliphatic rings. The second-order valence-corrected chi connectivity index (χ2v) is 12.5. The maximum absolute atomic E-state index is 14.2. The Morgan fingerprint density at radius 3 is 2.10 bits per heavy atom. The fourth-order valence-corrected chi connectivity index (χ4v) is 5.48. The first-order valence-corrected chi connectivity index (χ1v) is 15.2. The number of nitrogens with zero attached hydrogens (tertiary/aromatic N) is 3. The van der Waals surface area contributed by atoms with Crippen LogP contribution in [0, 0.1) is 6.08 Å². The summed E-state index contributed by atoms with van der Waals surface area (Å²) in [6, 6.07) is 11.3. The Bertz CT molecular complexity index is 1920. The van der Waals surface area contributed by atoms with Crippen LogP contribution in [0.5, 0.6) is 5.75 Å². The van der Waals surface area contributed by atoms with Gasteiger partial charge < -0.3 is 15.7 Å². The lowest BCUT2D eigenvalue weighted by atomic mass is 10.1. The molecule has 1 aromatic heterocycles. The minimum atomic E-state index is -4.80. The van der Waals surface area contributed by atoms with Crippen molar-refractivity contribution in [3.8, 4) is 5.75 Å². The van der Waals surface area contributed by atoms with Gasteiger partial charge in [-0.15, -0.1) is 0 Å². The van der Waals surface area contributed by atoms with Crippen LogP contribution in [0.15, 0.2) is 64.4 Å². The average Bonchev–Trinajstić information content (AvgIpc) is 2.82. The Hall–Kier alpha value is -4.01. The van der Waals surface area contributed by atoms with Gasteiger partial charge >= 0.3 is 16.5 Å². The summed E-state index contributed by atoms with van der Waals surface area (Å²) < 4.78 is 106. The van der Waals surface area contributed by atoms with E-state index in [-0.39, 0.29) is 38.7 Å². The van der Waals surface area contributed by atoms with Gasteiger partial charge in [0.15, 0.2) is 9.84 Å². The van der Waals surface area contributed by atoms with Crippen LogP contribution in [-0.4, -0.2) is 66.8 Å². The van der Waals surface area contributed by atoms with Crippen molar-refractivity contribution in [1.82, 2.24) is 15.0 Å². The molecule has 0 bridgehead atoms. The summed E-state index contributed by atoms with van der Waals surface area (Å²) in [5.41, 5.74) is 0.133.